The molecule has 7 heteroatoms. The van der Waals surface area contributed by atoms with Crippen LogP contribution < -0.4 is 10.6 Å². The summed E-state index contributed by atoms with van der Waals surface area (Å²) in [5, 5.41) is 6.61. The van der Waals surface area contributed by atoms with Crippen LogP contribution in [0.4, 0.5) is 0 Å². The van der Waals surface area contributed by atoms with Crippen LogP contribution in [0.25, 0.3) is 5.65 Å². The molecule has 1 fully saturated rings. The predicted molar refractivity (Wildman–Crippen MR) is 103 cm³/mol. The van der Waals surface area contributed by atoms with Gasteiger partial charge in [0.1, 0.15) is 5.65 Å². The summed E-state index contributed by atoms with van der Waals surface area (Å²) in [4.78, 5) is 8.88. The molecule has 7 nitrogen and oxygen atoms in total. The molecule has 2 aromatic heterocycles. The van der Waals surface area contributed by atoms with E-state index in [0.29, 0.717) is 19.3 Å². The molecule has 1 atom stereocenters. The van der Waals surface area contributed by atoms with E-state index in [1.807, 2.05) is 12.1 Å². The van der Waals surface area contributed by atoms with Crippen LogP contribution in [0, 0.1) is 6.92 Å². The Bertz CT molecular complexity index is 722. The number of hydrogen-bond acceptors (Lipinski definition) is 4. The first-order valence-corrected chi connectivity index (χ1v) is 9.34. The molecule has 1 aliphatic rings. The van der Waals surface area contributed by atoms with E-state index in [0.717, 1.165) is 56.3 Å². The van der Waals surface area contributed by atoms with Crippen LogP contribution in [0.15, 0.2) is 29.4 Å². The number of rotatable bonds is 8. The Morgan fingerprint density at radius 3 is 3.12 bits per heavy atom. The van der Waals surface area contributed by atoms with Crippen LogP contribution in [-0.2, 0) is 16.0 Å². The number of hydrogen-bond donors (Lipinski definition) is 2. The summed E-state index contributed by atoms with van der Waals surface area (Å²) in [7, 11) is 1.77. The average Bonchev–Trinajstić information content (AvgIpc) is 3.30. The van der Waals surface area contributed by atoms with E-state index >= 15 is 0 Å². The lowest BCUT2D eigenvalue weighted by molar-refractivity contribution is 0.0168. The lowest BCUT2D eigenvalue weighted by Gasteiger charge is -2.12. The van der Waals surface area contributed by atoms with Gasteiger partial charge in [-0.1, -0.05) is 6.07 Å². The van der Waals surface area contributed by atoms with Crippen LogP contribution in [0.2, 0.25) is 0 Å². The van der Waals surface area contributed by atoms with Gasteiger partial charge in [0.05, 0.1) is 24.9 Å². The van der Waals surface area contributed by atoms with Gasteiger partial charge >= 0.3 is 0 Å². The van der Waals surface area contributed by atoms with Gasteiger partial charge in [-0.2, -0.15) is 0 Å². The topological polar surface area (TPSA) is 72.2 Å². The highest BCUT2D eigenvalue weighted by atomic mass is 16.5. The summed E-state index contributed by atoms with van der Waals surface area (Å²) in [5.41, 5.74) is 3.13. The van der Waals surface area contributed by atoms with Crippen LogP contribution in [0.1, 0.15) is 30.7 Å². The lowest BCUT2D eigenvalue weighted by Crippen LogP contribution is -2.37. The molecule has 1 unspecified atom stereocenters. The number of aromatic nitrogens is 2. The van der Waals surface area contributed by atoms with Crippen molar-refractivity contribution in [3.63, 3.8) is 0 Å². The Morgan fingerprint density at radius 1 is 1.42 bits per heavy atom. The molecule has 3 rings (SSSR count). The molecule has 26 heavy (non-hydrogen) atoms. The first kappa shape index (κ1) is 18.7. The van der Waals surface area contributed by atoms with Crippen molar-refractivity contribution >= 4 is 11.6 Å². The quantitative estimate of drug-likeness (QED) is 0.428. The minimum absolute atomic E-state index is 0.298. The zero-order chi connectivity index (χ0) is 18.2. The first-order chi connectivity index (χ1) is 12.8. The molecule has 2 N–H and O–H groups in total. The van der Waals surface area contributed by atoms with Gasteiger partial charge in [-0.05, 0) is 38.3 Å². The summed E-state index contributed by atoms with van der Waals surface area (Å²) >= 11 is 0. The molecule has 0 radical (unpaired) electrons. The second kappa shape index (κ2) is 9.54. The summed E-state index contributed by atoms with van der Waals surface area (Å²) in [6.45, 7) is 5.85. The standard InChI is InChI=1S/C19H29N5O2/c1-15-6-3-8-18-23-16(13-24(15)18)12-22-19(20-2)21-9-5-10-25-14-17-7-4-11-26-17/h3,6,8,13,17H,4-5,7,9-12,14H2,1-2H3,(H2,20,21,22). The zero-order valence-corrected chi connectivity index (χ0v) is 15.7. The highest BCUT2D eigenvalue weighted by molar-refractivity contribution is 5.79. The van der Waals surface area contributed by atoms with Gasteiger partial charge in [0.2, 0.25) is 0 Å². The summed E-state index contributed by atoms with van der Waals surface area (Å²) in [6.07, 6.45) is 5.57. The lowest BCUT2D eigenvalue weighted by atomic mass is 10.2. The van der Waals surface area contributed by atoms with Crippen LogP contribution in [0.3, 0.4) is 0 Å². The van der Waals surface area contributed by atoms with Crippen molar-refractivity contribution in [3.8, 4) is 0 Å². The second-order valence-corrected chi connectivity index (χ2v) is 6.54. The third-order valence-electron chi connectivity index (χ3n) is 4.49. The largest absolute Gasteiger partial charge is 0.379 e. The number of aliphatic imine (C=N–C) groups is 1. The second-order valence-electron chi connectivity index (χ2n) is 6.54. The number of pyridine rings is 1. The molecule has 3 heterocycles. The minimum Gasteiger partial charge on any atom is -0.379 e. The molecule has 0 spiro atoms. The van der Waals surface area contributed by atoms with Crippen LogP contribution in [-0.4, -0.2) is 54.9 Å². The Hall–Kier alpha value is -2.12. The van der Waals surface area contributed by atoms with Crippen LogP contribution in [0.5, 0.6) is 0 Å². The number of guanidine groups is 1. The van der Waals surface area contributed by atoms with Gasteiger partial charge in [-0.15, -0.1) is 0 Å². The van der Waals surface area contributed by atoms with E-state index in [2.05, 4.69) is 44.2 Å². The third-order valence-corrected chi connectivity index (χ3v) is 4.49. The van der Waals surface area contributed by atoms with Crippen molar-refractivity contribution in [1.29, 1.82) is 0 Å². The molecule has 0 amide bonds. The molecular weight excluding hydrogens is 330 g/mol. The van der Waals surface area contributed by atoms with E-state index in [1.54, 1.807) is 7.05 Å². The molecular formula is C19H29N5O2. The maximum absolute atomic E-state index is 5.67. The average molecular weight is 359 g/mol. The summed E-state index contributed by atoms with van der Waals surface area (Å²) in [6, 6.07) is 6.11. The number of nitrogens with one attached hydrogen (secondary N) is 2. The van der Waals surface area contributed by atoms with Crippen molar-refractivity contribution in [2.45, 2.75) is 38.8 Å². The smallest absolute Gasteiger partial charge is 0.191 e. The van der Waals surface area contributed by atoms with E-state index < -0.39 is 0 Å². The molecule has 1 aliphatic heterocycles. The van der Waals surface area contributed by atoms with Crippen molar-refractivity contribution in [3.05, 3.63) is 35.8 Å². The molecule has 0 aromatic carbocycles. The summed E-state index contributed by atoms with van der Waals surface area (Å²) < 4.78 is 13.3. The van der Waals surface area contributed by atoms with Crippen molar-refractivity contribution < 1.29 is 9.47 Å². The fourth-order valence-electron chi connectivity index (χ4n) is 3.05. The van der Waals surface area contributed by atoms with E-state index in [4.69, 9.17) is 9.47 Å². The number of aryl methyl sites for hydroxylation is 1. The fraction of sp³-hybridized carbons (Fsp3) is 0.579. The van der Waals surface area contributed by atoms with E-state index in [1.165, 1.54) is 5.69 Å². The van der Waals surface area contributed by atoms with E-state index in [9.17, 15) is 0 Å². The molecule has 1 saturated heterocycles. The van der Waals surface area contributed by atoms with Gasteiger partial charge in [-0.3, -0.25) is 4.99 Å². The number of imidazole rings is 1. The molecule has 2 aromatic rings. The van der Waals surface area contributed by atoms with Gasteiger partial charge < -0.3 is 24.5 Å². The SMILES string of the molecule is CN=C(NCCCOCC1CCCO1)NCc1cn2c(C)cccc2n1. The van der Waals surface area contributed by atoms with Gasteiger partial charge in [0.25, 0.3) is 0 Å². The summed E-state index contributed by atoms with van der Waals surface area (Å²) in [5.74, 6) is 0.776. The Labute approximate surface area is 154 Å². The van der Waals surface area contributed by atoms with Crippen molar-refractivity contribution in [2.75, 3.05) is 33.4 Å². The normalized spacial score (nSPS) is 17.8. The maximum atomic E-state index is 5.67. The number of fused-ring (bicyclic) bond motifs is 1. The highest BCUT2D eigenvalue weighted by Gasteiger charge is 2.14. The Morgan fingerprint density at radius 2 is 2.35 bits per heavy atom. The fourth-order valence-corrected chi connectivity index (χ4v) is 3.05. The molecule has 142 valence electrons. The molecule has 0 bridgehead atoms. The van der Waals surface area contributed by atoms with E-state index in [-0.39, 0.29) is 0 Å². The molecule has 0 saturated carbocycles. The predicted octanol–water partition coefficient (Wildman–Crippen LogP) is 1.89. The highest BCUT2D eigenvalue weighted by Crippen LogP contribution is 2.11. The van der Waals surface area contributed by atoms with Crippen molar-refractivity contribution in [2.24, 2.45) is 4.99 Å². The monoisotopic (exact) mass is 359 g/mol. The zero-order valence-electron chi connectivity index (χ0n) is 15.7. The Balaban J connectivity index is 1.34. The van der Waals surface area contributed by atoms with Gasteiger partial charge in [0.15, 0.2) is 5.96 Å². The van der Waals surface area contributed by atoms with Crippen molar-refractivity contribution in [1.82, 2.24) is 20.0 Å². The maximum Gasteiger partial charge on any atom is 0.191 e. The minimum atomic E-state index is 0.298. The molecule has 0 aliphatic carbocycles. The third kappa shape index (κ3) is 5.19. The van der Waals surface area contributed by atoms with Gasteiger partial charge in [0, 0.05) is 38.7 Å². The Kier molecular flexibility index (Phi) is 6.85. The number of nitrogens with zero attached hydrogens (tertiary/aromatic N) is 3. The van der Waals surface area contributed by atoms with Gasteiger partial charge in [-0.25, -0.2) is 4.98 Å². The van der Waals surface area contributed by atoms with Crippen LogP contribution >= 0.6 is 0 Å². The number of ether oxygens (including phenoxy) is 2. The first-order valence-electron chi connectivity index (χ1n) is 9.34.